The average Bonchev–Trinajstić information content (AvgIpc) is 2.65. The highest BCUT2D eigenvalue weighted by molar-refractivity contribution is 7.92. The number of amides is 1. The number of carbonyl (C=O) groups is 1. The minimum absolute atomic E-state index is 0.103. The van der Waals surface area contributed by atoms with Gasteiger partial charge in [0.2, 0.25) is 0 Å². The lowest BCUT2D eigenvalue weighted by Crippen LogP contribution is -2.18. The van der Waals surface area contributed by atoms with Crippen molar-refractivity contribution in [3.63, 3.8) is 0 Å². The molecule has 28 heavy (non-hydrogen) atoms. The molecule has 3 rings (SSSR count). The van der Waals surface area contributed by atoms with Crippen molar-refractivity contribution >= 4 is 50.5 Å². The van der Waals surface area contributed by atoms with Crippen LogP contribution in [0.25, 0.3) is 0 Å². The Balaban J connectivity index is 1.89. The summed E-state index contributed by atoms with van der Waals surface area (Å²) >= 11 is 12.0. The second kappa shape index (κ2) is 8.22. The molecule has 0 heterocycles. The summed E-state index contributed by atoms with van der Waals surface area (Å²) in [5.74, 6) is -0.522. The molecule has 0 aliphatic carbocycles. The standard InChI is InChI=1S/C20H16Cl2N2O3S/c1-13-6-9-15(10-7-13)28(26,27)24-18-5-3-2-4-16(18)20(25)23-19-12-14(21)8-11-17(19)22/h2-12,24H,1H3,(H,23,25). The molecule has 0 atom stereocenters. The maximum Gasteiger partial charge on any atom is 0.261 e. The van der Waals surface area contributed by atoms with Gasteiger partial charge in [0.05, 0.1) is 26.9 Å². The highest BCUT2D eigenvalue weighted by Crippen LogP contribution is 2.27. The Morgan fingerprint density at radius 3 is 2.29 bits per heavy atom. The van der Waals surface area contributed by atoms with Crippen LogP contribution in [0.5, 0.6) is 0 Å². The Labute approximate surface area is 173 Å². The van der Waals surface area contributed by atoms with Crippen LogP contribution < -0.4 is 10.0 Å². The normalized spacial score (nSPS) is 11.1. The van der Waals surface area contributed by atoms with Crippen LogP contribution in [-0.2, 0) is 10.0 Å². The summed E-state index contributed by atoms with van der Waals surface area (Å²) in [6.45, 7) is 1.87. The number of halogens is 2. The predicted octanol–water partition coefficient (Wildman–Crippen LogP) is 5.35. The molecule has 0 aliphatic rings. The van der Waals surface area contributed by atoms with E-state index in [-0.39, 0.29) is 16.1 Å². The Morgan fingerprint density at radius 2 is 1.57 bits per heavy atom. The molecule has 144 valence electrons. The number of nitrogens with one attached hydrogen (secondary N) is 2. The third-order valence-electron chi connectivity index (χ3n) is 3.92. The maximum absolute atomic E-state index is 12.7. The van der Waals surface area contributed by atoms with Crippen LogP contribution in [0.3, 0.4) is 0 Å². The fourth-order valence-corrected chi connectivity index (χ4v) is 3.89. The molecule has 0 bridgehead atoms. The third-order valence-corrected chi connectivity index (χ3v) is 5.87. The molecule has 0 aliphatic heterocycles. The van der Waals surface area contributed by atoms with Crippen LogP contribution in [0.1, 0.15) is 15.9 Å². The third kappa shape index (κ3) is 4.65. The number of carbonyl (C=O) groups excluding carboxylic acids is 1. The van der Waals surface area contributed by atoms with Gasteiger partial charge in [-0.1, -0.05) is 53.0 Å². The zero-order valence-corrected chi connectivity index (χ0v) is 17.1. The number of para-hydroxylation sites is 1. The van der Waals surface area contributed by atoms with Gasteiger partial charge >= 0.3 is 0 Å². The topological polar surface area (TPSA) is 75.3 Å². The first-order valence-corrected chi connectivity index (χ1v) is 10.4. The zero-order chi connectivity index (χ0) is 20.3. The van der Waals surface area contributed by atoms with Crippen LogP contribution in [0.15, 0.2) is 71.6 Å². The van der Waals surface area contributed by atoms with E-state index in [1.807, 2.05) is 6.92 Å². The number of sulfonamides is 1. The van der Waals surface area contributed by atoms with Crippen LogP contribution in [0.4, 0.5) is 11.4 Å². The highest BCUT2D eigenvalue weighted by Gasteiger charge is 2.19. The molecule has 0 radical (unpaired) electrons. The number of benzene rings is 3. The van der Waals surface area contributed by atoms with E-state index < -0.39 is 15.9 Å². The number of rotatable bonds is 5. The van der Waals surface area contributed by atoms with E-state index in [1.54, 1.807) is 36.4 Å². The van der Waals surface area contributed by atoms with Crippen molar-refractivity contribution < 1.29 is 13.2 Å². The molecule has 2 N–H and O–H groups in total. The van der Waals surface area contributed by atoms with Crippen LogP contribution >= 0.6 is 23.2 Å². The van der Waals surface area contributed by atoms with E-state index in [2.05, 4.69) is 10.0 Å². The van der Waals surface area contributed by atoms with E-state index in [0.717, 1.165) is 5.56 Å². The Morgan fingerprint density at radius 1 is 0.893 bits per heavy atom. The van der Waals surface area contributed by atoms with Crippen molar-refractivity contribution in [2.24, 2.45) is 0 Å². The first kappa shape index (κ1) is 20.2. The quantitative estimate of drug-likeness (QED) is 0.567. The lowest BCUT2D eigenvalue weighted by molar-refractivity contribution is 0.102. The van der Waals surface area contributed by atoms with Gasteiger partial charge in [0, 0.05) is 5.02 Å². The van der Waals surface area contributed by atoms with Crippen LogP contribution in [0.2, 0.25) is 10.0 Å². The Bertz CT molecular complexity index is 1130. The van der Waals surface area contributed by atoms with Gasteiger partial charge in [-0.2, -0.15) is 0 Å². The van der Waals surface area contributed by atoms with Gasteiger partial charge in [0.1, 0.15) is 0 Å². The first-order chi connectivity index (χ1) is 13.3. The highest BCUT2D eigenvalue weighted by atomic mass is 35.5. The van der Waals surface area contributed by atoms with Gasteiger partial charge in [-0.25, -0.2) is 8.42 Å². The zero-order valence-electron chi connectivity index (χ0n) is 14.7. The summed E-state index contributed by atoms with van der Waals surface area (Å²) in [5, 5.41) is 3.38. The van der Waals surface area contributed by atoms with Crippen molar-refractivity contribution in [2.45, 2.75) is 11.8 Å². The van der Waals surface area contributed by atoms with E-state index in [9.17, 15) is 13.2 Å². The molecule has 0 spiro atoms. The summed E-state index contributed by atoms with van der Waals surface area (Å²) in [7, 11) is -3.85. The van der Waals surface area contributed by atoms with Gasteiger partial charge in [-0.05, 0) is 49.4 Å². The van der Waals surface area contributed by atoms with E-state index in [0.29, 0.717) is 15.7 Å². The molecule has 3 aromatic rings. The largest absolute Gasteiger partial charge is 0.321 e. The fourth-order valence-electron chi connectivity index (χ4n) is 2.47. The monoisotopic (exact) mass is 434 g/mol. The van der Waals surface area contributed by atoms with Gasteiger partial charge in [0.25, 0.3) is 15.9 Å². The summed E-state index contributed by atoms with van der Waals surface area (Å²) < 4.78 is 27.8. The second-order valence-corrected chi connectivity index (χ2v) is 8.57. The van der Waals surface area contributed by atoms with E-state index in [4.69, 9.17) is 23.2 Å². The van der Waals surface area contributed by atoms with Gasteiger partial charge in [-0.15, -0.1) is 0 Å². The number of aryl methyl sites for hydroxylation is 1. The van der Waals surface area contributed by atoms with E-state index >= 15 is 0 Å². The molecule has 1 amide bonds. The van der Waals surface area contributed by atoms with Crippen LogP contribution in [-0.4, -0.2) is 14.3 Å². The van der Waals surface area contributed by atoms with Crippen molar-refractivity contribution in [1.29, 1.82) is 0 Å². The molecule has 0 aromatic heterocycles. The van der Waals surface area contributed by atoms with Gasteiger partial charge < -0.3 is 5.32 Å². The maximum atomic E-state index is 12.7. The molecule has 3 aromatic carbocycles. The predicted molar refractivity (Wildman–Crippen MR) is 113 cm³/mol. The van der Waals surface area contributed by atoms with Crippen LogP contribution in [0, 0.1) is 6.92 Å². The van der Waals surface area contributed by atoms with Crippen molar-refractivity contribution in [3.8, 4) is 0 Å². The first-order valence-electron chi connectivity index (χ1n) is 8.21. The Hall–Kier alpha value is -2.54. The van der Waals surface area contributed by atoms with Gasteiger partial charge in [0.15, 0.2) is 0 Å². The smallest absolute Gasteiger partial charge is 0.261 e. The van der Waals surface area contributed by atoms with Crippen molar-refractivity contribution in [2.75, 3.05) is 10.0 Å². The van der Waals surface area contributed by atoms with E-state index in [1.165, 1.54) is 30.3 Å². The minimum atomic E-state index is -3.85. The number of hydrogen-bond acceptors (Lipinski definition) is 3. The lowest BCUT2D eigenvalue weighted by Gasteiger charge is -2.13. The summed E-state index contributed by atoms with van der Waals surface area (Å²) in [4.78, 5) is 12.8. The Kier molecular flexibility index (Phi) is 5.93. The van der Waals surface area contributed by atoms with Crippen molar-refractivity contribution in [1.82, 2.24) is 0 Å². The number of hydrogen-bond donors (Lipinski definition) is 2. The molecule has 5 nitrogen and oxygen atoms in total. The van der Waals surface area contributed by atoms with Gasteiger partial charge in [-0.3, -0.25) is 9.52 Å². The second-order valence-electron chi connectivity index (χ2n) is 6.04. The average molecular weight is 435 g/mol. The SMILES string of the molecule is Cc1ccc(S(=O)(=O)Nc2ccccc2C(=O)Nc2cc(Cl)ccc2Cl)cc1. The molecule has 0 unspecified atom stereocenters. The minimum Gasteiger partial charge on any atom is -0.321 e. The molecule has 0 saturated carbocycles. The lowest BCUT2D eigenvalue weighted by atomic mass is 10.1. The molecule has 8 heteroatoms. The summed E-state index contributed by atoms with van der Waals surface area (Å²) in [6.07, 6.45) is 0. The summed E-state index contributed by atoms with van der Waals surface area (Å²) in [6, 6.07) is 17.4. The molecular formula is C20H16Cl2N2O3S. The van der Waals surface area contributed by atoms with Crippen molar-refractivity contribution in [3.05, 3.63) is 87.9 Å². The molecular weight excluding hydrogens is 419 g/mol. The number of anilines is 2. The molecule has 0 fully saturated rings. The molecule has 0 saturated heterocycles. The summed E-state index contributed by atoms with van der Waals surface area (Å²) in [5.41, 5.74) is 1.57. The fraction of sp³-hybridized carbons (Fsp3) is 0.0500.